The van der Waals surface area contributed by atoms with Crippen LogP contribution < -0.4 is 0 Å². The van der Waals surface area contributed by atoms with Crippen molar-refractivity contribution in [3.63, 3.8) is 0 Å². The molecule has 0 unspecified atom stereocenters. The Balaban J connectivity index is 1.79. The molecule has 0 heterocycles. The summed E-state index contributed by atoms with van der Waals surface area (Å²) in [7, 11) is -4.17. The average molecular weight is 575 g/mol. The molecule has 1 fully saturated rings. The first-order chi connectivity index (χ1) is 18.1. The van der Waals surface area contributed by atoms with Crippen LogP contribution >= 0.6 is 0 Å². The Labute approximate surface area is 221 Å². The summed E-state index contributed by atoms with van der Waals surface area (Å²) in [4.78, 5) is -0.184. The van der Waals surface area contributed by atoms with Crippen molar-refractivity contribution in [1.82, 2.24) is 0 Å². The van der Waals surface area contributed by atoms with Gasteiger partial charge in [-0.1, -0.05) is 66.9 Å². The van der Waals surface area contributed by atoms with Gasteiger partial charge in [-0.05, 0) is 55.2 Å². The van der Waals surface area contributed by atoms with Gasteiger partial charge in [0.25, 0.3) is 5.60 Å². The number of benzene rings is 3. The molecule has 0 amide bonds. The second-order valence-corrected chi connectivity index (χ2v) is 11.9. The Hall–Kier alpha value is -2.92. The number of halogens is 7. The Kier molecular flexibility index (Phi) is 7.63. The Morgan fingerprint density at radius 1 is 0.769 bits per heavy atom. The molecule has 0 bridgehead atoms. The van der Waals surface area contributed by atoms with E-state index >= 15 is 0 Å². The van der Waals surface area contributed by atoms with Gasteiger partial charge in [0.05, 0.1) is 11.5 Å². The molecule has 11 heteroatoms. The zero-order valence-corrected chi connectivity index (χ0v) is 21.6. The molecule has 1 aliphatic carbocycles. The molecule has 0 spiro atoms. The Morgan fingerprint density at radius 3 is 1.77 bits per heavy atom. The number of sulfone groups is 1. The summed E-state index contributed by atoms with van der Waals surface area (Å²) in [5, 5.41) is 0. The first kappa shape index (κ1) is 29.1. The standard InChI is InChI=1S/C28H25F7O3S/c1-19-4-6-20(7-5-19)18-38-26(27(30,31)32,28(33,34)35)22-10-8-21(9-11-22)25(16-2-3-17-25)39(36,37)24-14-12-23(29)13-15-24/h4-15H,2-3,16-18H2,1H3. The summed E-state index contributed by atoms with van der Waals surface area (Å²) in [6.45, 7) is 0.749. The van der Waals surface area contributed by atoms with E-state index in [1.165, 1.54) is 12.1 Å². The second-order valence-electron chi connectivity index (χ2n) is 9.69. The highest BCUT2D eigenvalue weighted by Gasteiger charge is 2.73. The van der Waals surface area contributed by atoms with Crippen molar-refractivity contribution in [3.05, 3.63) is 101 Å². The van der Waals surface area contributed by atoms with Crippen LogP contribution in [-0.2, 0) is 31.5 Å². The smallest absolute Gasteiger partial charge is 0.349 e. The number of rotatable bonds is 7. The fourth-order valence-corrected chi connectivity index (χ4v) is 7.34. The lowest BCUT2D eigenvalue weighted by atomic mass is 9.88. The highest BCUT2D eigenvalue weighted by atomic mass is 32.2. The molecule has 4 rings (SSSR count). The maximum atomic E-state index is 14.3. The molecule has 3 aromatic rings. The van der Waals surface area contributed by atoms with E-state index in [0.717, 1.165) is 42.0 Å². The molecule has 1 aliphatic rings. The van der Waals surface area contributed by atoms with E-state index in [-0.39, 0.29) is 28.9 Å². The minimum absolute atomic E-state index is 0.0601. The number of hydrogen-bond acceptors (Lipinski definition) is 3. The van der Waals surface area contributed by atoms with E-state index in [1.807, 2.05) is 0 Å². The summed E-state index contributed by atoms with van der Waals surface area (Å²) in [6.07, 6.45) is -10.6. The summed E-state index contributed by atoms with van der Waals surface area (Å²) >= 11 is 0. The van der Waals surface area contributed by atoms with Gasteiger partial charge < -0.3 is 4.74 Å². The average Bonchev–Trinajstić information content (AvgIpc) is 3.36. The lowest BCUT2D eigenvalue weighted by Crippen LogP contribution is -2.55. The minimum Gasteiger partial charge on any atom is -0.349 e. The van der Waals surface area contributed by atoms with Gasteiger partial charge in [-0.3, -0.25) is 0 Å². The molecule has 0 N–H and O–H groups in total. The van der Waals surface area contributed by atoms with Gasteiger partial charge >= 0.3 is 12.4 Å². The van der Waals surface area contributed by atoms with Gasteiger partial charge in [0.1, 0.15) is 10.6 Å². The van der Waals surface area contributed by atoms with Crippen molar-refractivity contribution in [2.24, 2.45) is 0 Å². The third kappa shape index (κ3) is 5.06. The molecule has 39 heavy (non-hydrogen) atoms. The van der Waals surface area contributed by atoms with Crippen LogP contribution in [-0.4, -0.2) is 20.8 Å². The van der Waals surface area contributed by atoms with Gasteiger partial charge in [0.2, 0.25) is 0 Å². The summed E-state index contributed by atoms with van der Waals surface area (Å²) in [6, 6.07) is 13.2. The zero-order valence-electron chi connectivity index (χ0n) is 20.7. The molecule has 0 aliphatic heterocycles. The van der Waals surface area contributed by atoms with E-state index in [2.05, 4.69) is 0 Å². The molecule has 210 valence electrons. The zero-order chi connectivity index (χ0) is 28.7. The number of alkyl halides is 6. The Morgan fingerprint density at radius 2 is 1.28 bits per heavy atom. The molecular weight excluding hydrogens is 549 g/mol. The van der Waals surface area contributed by atoms with E-state index in [4.69, 9.17) is 4.74 Å². The van der Waals surface area contributed by atoms with Crippen LogP contribution in [0.15, 0.2) is 77.7 Å². The fourth-order valence-electron chi connectivity index (χ4n) is 5.12. The van der Waals surface area contributed by atoms with Gasteiger partial charge in [-0.2, -0.15) is 26.3 Å². The van der Waals surface area contributed by atoms with E-state index in [1.54, 1.807) is 19.1 Å². The molecule has 0 radical (unpaired) electrons. The van der Waals surface area contributed by atoms with Crippen LogP contribution in [0.1, 0.15) is 47.9 Å². The maximum absolute atomic E-state index is 14.3. The number of aryl methyl sites for hydroxylation is 1. The lowest BCUT2D eigenvalue weighted by molar-refractivity contribution is -0.392. The fraction of sp³-hybridized carbons (Fsp3) is 0.357. The molecule has 0 atom stereocenters. The Bertz CT molecular complexity index is 1370. The van der Waals surface area contributed by atoms with Gasteiger partial charge in [-0.25, -0.2) is 12.8 Å². The van der Waals surface area contributed by atoms with Crippen LogP contribution in [0.4, 0.5) is 30.7 Å². The molecule has 3 nitrogen and oxygen atoms in total. The van der Waals surface area contributed by atoms with Crippen molar-refractivity contribution < 1.29 is 43.9 Å². The van der Waals surface area contributed by atoms with Gasteiger partial charge in [-0.15, -0.1) is 0 Å². The molecular formula is C28H25F7O3S. The second kappa shape index (κ2) is 10.2. The van der Waals surface area contributed by atoms with Crippen LogP contribution in [0, 0.1) is 12.7 Å². The van der Waals surface area contributed by atoms with E-state index in [0.29, 0.717) is 25.0 Å². The van der Waals surface area contributed by atoms with Crippen molar-refractivity contribution >= 4 is 9.84 Å². The molecule has 0 aromatic heterocycles. The van der Waals surface area contributed by atoms with Gasteiger partial charge in [0.15, 0.2) is 9.84 Å². The topological polar surface area (TPSA) is 43.4 Å². The van der Waals surface area contributed by atoms with Crippen LogP contribution in [0.5, 0.6) is 0 Å². The highest BCUT2D eigenvalue weighted by Crippen LogP contribution is 2.54. The van der Waals surface area contributed by atoms with Crippen molar-refractivity contribution in [1.29, 1.82) is 0 Å². The normalized spacial score (nSPS) is 16.4. The van der Waals surface area contributed by atoms with Crippen LogP contribution in [0.2, 0.25) is 0 Å². The van der Waals surface area contributed by atoms with Crippen molar-refractivity contribution in [3.8, 4) is 0 Å². The van der Waals surface area contributed by atoms with Crippen LogP contribution in [0.3, 0.4) is 0 Å². The monoisotopic (exact) mass is 574 g/mol. The number of ether oxygens (including phenoxy) is 1. The minimum atomic E-state index is -5.89. The third-order valence-electron chi connectivity index (χ3n) is 7.24. The van der Waals surface area contributed by atoms with Crippen molar-refractivity contribution in [2.75, 3.05) is 0 Å². The number of hydrogen-bond donors (Lipinski definition) is 0. The predicted molar refractivity (Wildman–Crippen MR) is 130 cm³/mol. The molecule has 0 saturated heterocycles. The highest BCUT2D eigenvalue weighted by molar-refractivity contribution is 7.92. The first-order valence-electron chi connectivity index (χ1n) is 12.1. The summed E-state index contributed by atoms with van der Waals surface area (Å²) in [5.74, 6) is -0.653. The summed E-state index contributed by atoms with van der Waals surface area (Å²) < 4.78 is 129. The molecule has 3 aromatic carbocycles. The van der Waals surface area contributed by atoms with Gasteiger partial charge in [0, 0.05) is 5.56 Å². The first-order valence-corrected chi connectivity index (χ1v) is 13.6. The van der Waals surface area contributed by atoms with Crippen LogP contribution in [0.25, 0.3) is 0 Å². The van der Waals surface area contributed by atoms with E-state index in [9.17, 15) is 39.2 Å². The quantitative estimate of drug-likeness (QED) is 0.213. The third-order valence-corrected chi connectivity index (χ3v) is 9.81. The SMILES string of the molecule is Cc1ccc(COC(c2ccc(C3(S(=O)(=O)c4ccc(F)cc4)CCCC3)cc2)(C(F)(F)F)C(F)(F)F)cc1. The maximum Gasteiger partial charge on any atom is 0.430 e. The van der Waals surface area contributed by atoms with E-state index < -0.39 is 50.5 Å². The molecule has 1 saturated carbocycles. The van der Waals surface area contributed by atoms with Crippen molar-refractivity contribution in [2.45, 2.75) is 66.8 Å². The summed E-state index contributed by atoms with van der Waals surface area (Å²) in [5.41, 5.74) is -4.92. The largest absolute Gasteiger partial charge is 0.430 e. The predicted octanol–water partition coefficient (Wildman–Crippen LogP) is 7.91. The lowest BCUT2D eigenvalue weighted by Gasteiger charge is -2.38.